The fraction of sp³-hybridized carbons (Fsp3) is 0.696. The topological polar surface area (TPSA) is 38.8 Å². The number of aryl methyl sites for hydroxylation is 2. The van der Waals surface area contributed by atoms with Crippen LogP contribution >= 0.6 is 0 Å². The fourth-order valence-electron chi connectivity index (χ4n) is 5.10. The number of piperidine rings is 1. The normalized spacial score (nSPS) is 25.1. The van der Waals surface area contributed by atoms with Crippen molar-refractivity contribution in [3.63, 3.8) is 0 Å². The summed E-state index contributed by atoms with van der Waals surface area (Å²) in [5, 5.41) is 0. The Bertz CT molecular complexity index is 645. The summed E-state index contributed by atoms with van der Waals surface area (Å²) in [5.41, 5.74) is 2.68. The van der Waals surface area contributed by atoms with Crippen molar-refractivity contribution in [1.82, 2.24) is 4.90 Å². The van der Waals surface area contributed by atoms with Gasteiger partial charge < -0.3 is 14.4 Å². The highest BCUT2D eigenvalue weighted by Crippen LogP contribution is 2.46. The summed E-state index contributed by atoms with van der Waals surface area (Å²) in [4.78, 5) is 14.9. The number of ether oxygens (including phenoxy) is 2. The fourth-order valence-corrected chi connectivity index (χ4v) is 5.10. The molecule has 2 atom stereocenters. The van der Waals surface area contributed by atoms with E-state index in [-0.39, 0.29) is 5.41 Å². The zero-order valence-corrected chi connectivity index (χ0v) is 17.3. The van der Waals surface area contributed by atoms with Gasteiger partial charge in [-0.05, 0) is 69.6 Å². The maximum absolute atomic E-state index is 12.8. The van der Waals surface area contributed by atoms with Crippen molar-refractivity contribution >= 4 is 5.91 Å². The van der Waals surface area contributed by atoms with E-state index in [1.54, 1.807) is 0 Å². The van der Waals surface area contributed by atoms with Crippen LogP contribution in [0.15, 0.2) is 18.2 Å². The Kier molecular flexibility index (Phi) is 6.80. The summed E-state index contributed by atoms with van der Waals surface area (Å²) >= 11 is 0. The van der Waals surface area contributed by atoms with E-state index in [1.807, 2.05) is 14.0 Å². The smallest absolute Gasteiger partial charge is 0.222 e. The molecule has 4 nitrogen and oxygen atoms in total. The van der Waals surface area contributed by atoms with E-state index in [9.17, 15) is 4.79 Å². The lowest BCUT2D eigenvalue weighted by Crippen LogP contribution is -2.49. The van der Waals surface area contributed by atoms with Crippen LogP contribution in [0.2, 0.25) is 0 Å². The molecule has 4 heteroatoms. The molecule has 3 rings (SSSR count). The van der Waals surface area contributed by atoms with Crippen LogP contribution in [0.5, 0.6) is 5.75 Å². The molecular weight excluding hydrogens is 338 g/mol. The molecule has 2 aliphatic rings. The number of rotatable bonds is 7. The summed E-state index contributed by atoms with van der Waals surface area (Å²) in [6.45, 7) is 6.59. The van der Waals surface area contributed by atoms with Crippen LogP contribution in [0.4, 0.5) is 0 Å². The molecule has 27 heavy (non-hydrogen) atoms. The minimum atomic E-state index is 0.217. The van der Waals surface area contributed by atoms with Crippen LogP contribution in [0.3, 0.4) is 0 Å². The van der Waals surface area contributed by atoms with E-state index in [1.165, 1.54) is 30.4 Å². The third-order valence-corrected chi connectivity index (χ3v) is 6.46. The van der Waals surface area contributed by atoms with Crippen molar-refractivity contribution in [2.45, 2.75) is 71.3 Å². The van der Waals surface area contributed by atoms with Gasteiger partial charge in [-0.2, -0.15) is 0 Å². The standard InChI is InChI=1S/C23H35NO3/c1-4-27-20-12-11-19(16-18(20)2)8-5-10-22(25)24-15-7-14-23(17-24)13-6-9-21(23)26-3/h11-12,16,21H,4-10,13-15,17H2,1-3H3/t21-,23-/m1/s1. The second-order valence-corrected chi connectivity index (χ2v) is 8.28. The average Bonchev–Trinajstić information content (AvgIpc) is 3.05. The highest BCUT2D eigenvalue weighted by Gasteiger charge is 2.46. The first kappa shape index (κ1) is 20.2. The van der Waals surface area contributed by atoms with E-state index in [4.69, 9.17) is 9.47 Å². The largest absolute Gasteiger partial charge is 0.494 e. The Labute approximate surface area is 164 Å². The molecule has 0 radical (unpaired) electrons. The van der Waals surface area contributed by atoms with Crippen LogP contribution in [-0.4, -0.2) is 43.7 Å². The summed E-state index contributed by atoms with van der Waals surface area (Å²) in [7, 11) is 1.83. The van der Waals surface area contributed by atoms with E-state index < -0.39 is 0 Å². The Morgan fingerprint density at radius 2 is 2.11 bits per heavy atom. The molecule has 1 spiro atoms. The van der Waals surface area contributed by atoms with Gasteiger partial charge in [0.1, 0.15) is 5.75 Å². The number of likely N-dealkylation sites (tertiary alicyclic amines) is 1. The van der Waals surface area contributed by atoms with Gasteiger partial charge in [0.05, 0.1) is 12.7 Å². The molecule has 0 unspecified atom stereocenters. The van der Waals surface area contributed by atoms with Gasteiger partial charge in [0.15, 0.2) is 0 Å². The SMILES string of the molecule is CCOc1ccc(CCCC(=O)N2CCC[C@]3(CCC[C@H]3OC)C2)cc1C. The number of amides is 1. The molecule has 1 aromatic carbocycles. The number of carbonyl (C=O) groups is 1. The van der Waals surface area contributed by atoms with Gasteiger partial charge in [-0.15, -0.1) is 0 Å². The Morgan fingerprint density at radius 1 is 1.30 bits per heavy atom. The van der Waals surface area contributed by atoms with Gasteiger partial charge in [-0.3, -0.25) is 4.79 Å². The molecule has 0 aromatic heterocycles. The Balaban J connectivity index is 1.50. The molecule has 1 saturated heterocycles. The lowest BCUT2D eigenvalue weighted by molar-refractivity contribution is -0.137. The van der Waals surface area contributed by atoms with Crippen LogP contribution in [-0.2, 0) is 16.0 Å². The van der Waals surface area contributed by atoms with Crippen molar-refractivity contribution in [3.8, 4) is 5.75 Å². The molecule has 1 amide bonds. The lowest BCUT2D eigenvalue weighted by atomic mass is 9.76. The van der Waals surface area contributed by atoms with E-state index >= 15 is 0 Å². The second-order valence-electron chi connectivity index (χ2n) is 8.28. The van der Waals surface area contributed by atoms with Crippen molar-refractivity contribution in [3.05, 3.63) is 29.3 Å². The molecule has 1 heterocycles. The van der Waals surface area contributed by atoms with Crippen LogP contribution in [0.25, 0.3) is 0 Å². The van der Waals surface area contributed by atoms with Gasteiger partial charge in [-0.25, -0.2) is 0 Å². The molecule has 150 valence electrons. The molecule has 1 aromatic rings. The van der Waals surface area contributed by atoms with Crippen LogP contribution < -0.4 is 4.74 Å². The maximum Gasteiger partial charge on any atom is 0.222 e. The number of benzene rings is 1. The minimum Gasteiger partial charge on any atom is -0.494 e. The number of methoxy groups -OCH3 is 1. The minimum absolute atomic E-state index is 0.217. The van der Waals surface area contributed by atoms with E-state index in [2.05, 4.69) is 30.0 Å². The van der Waals surface area contributed by atoms with Gasteiger partial charge in [0.2, 0.25) is 5.91 Å². The molecule has 1 saturated carbocycles. The molecular formula is C23H35NO3. The second kappa shape index (κ2) is 9.09. The number of hydrogen-bond acceptors (Lipinski definition) is 3. The van der Waals surface area contributed by atoms with Crippen LogP contribution in [0.1, 0.15) is 63.0 Å². The monoisotopic (exact) mass is 373 g/mol. The van der Waals surface area contributed by atoms with Crippen molar-refractivity contribution < 1.29 is 14.3 Å². The summed E-state index contributed by atoms with van der Waals surface area (Å²) in [6.07, 6.45) is 8.74. The van der Waals surface area contributed by atoms with Crippen molar-refractivity contribution in [2.75, 3.05) is 26.8 Å². The predicted octanol–water partition coefficient (Wildman–Crippen LogP) is 4.52. The maximum atomic E-state index is 12.8. The zero-order valence-electron chi connectivity index (χ0n) is 17.3. The van der Waals surface area contributed by atoms with Crippen molar-refractivity contribution in [2.24, 2.45) is 5.41 Å². The number of nitrogens with zero attached hydrogens (tertiary/aromatic N) is 1. The average molecular weight is 374 g/mol. The zero-order chi connectivity index (χ0) is 19.3. The lowest BCUT2D eigenvalue weighted by Gasteiger charge is -2.43. The highest BCUT2D eigenvalue weighted by atomic mass is 16.5. The third-order valence-electron chi connectivity index (χ3n) is 6.46. The van der Waals surface area contributed by atoms with E-state index in [0.29, 0.717) is 25.0 Å². The number of hydrogen-bond donors (Lipinski definition) is 0. The molecule has 1 aliphatic carbocycles. The Morgan fingerprint density at radius 3 is 2.85 bits per heavy atom. The quantitative estimate of drug-likeness (QED) is 0.705. The first-order valence-corrected chi connectivity index (χ1v) is 10.6. The Hall–Kier alpha value is -1.55. The van der Waals surface area contributed by atoms with Gasteiger partial charge in [-0.1, -0.05) is 18.6 Å². The number of carbonyl (C=O) groups excluding carboxylic acids is 1. The summed E-state index contributed by atoms with van der Waals surface area (Å²) in [5.74, 6) is 1.28. The van der Waals surface area contributed by atoms with E-state index in [0.717, 1.165) is 44.5 Å². The third kappa shape index (κ3) is 4.66. The van der Waals surface area contributed by atoms with Crippen molar-refractivity contribution in [1.29, 1.82) is 0 Å². The highest BCUT2D eigenvalue weighted by molar-refractivity contribution is 5.76. The summed E-state index contributed by atoms with van der Waals surface area (Å²) in [6, 6.07) is 6.36. The van der Waals surface area contributed by atoms with Gasteiger partial charge in [0, 0.05) is 32.0 Å². The molecule has 0 bridgehead atoms. The molecule has 1 aliphatic heterocycles. The molecule has 0 N–H and O–H groups in total. The van der Waals surface area contributed by atoms with Gasteiger partial charge in [0.25, 0.3) is 0 Å². The summed E-state index contributed by atoms with van der Waals surface area (Å²) < 4.78 is 11.4. The van der Waals surface area contributed by atoms with Gasteiger partial charge >= 0.3 is 0 Å². The predicted molar refractivity (Wildman–Crippen MR) is 108 cm³/mol. The first-order valence-electron chi connectivity index (χ1n) is 10.6. The van der Waals surface area contributed by atoms with Crippen LogP contribution in [0, 0.1) is 12.3 Å². The first-order chi connectivity index (χ1) is 13.1. The molecule has 2 fully saturated rings.